The summed E-state index contributed by atoms with van der Waals surface area (Å²) in [6.07, 6.45) is 2.61. The average molecular weight is 242 g/mol. The monoisotopic (exact) mass is 242 g/mol. The van der Waals surface area contributed by atoms with Crippen molar-refractivity contribution >= 4 is 0 Å². The van der Waals surface area contributed by atoms with Gasteiger partial charge in [-0.2, -0.15) is 5.26 Å². The van der Waals surface area contributed by atoms with Crippen LogP contribution in [0.25, 0.3) is 0 Å². The van der Waals surface area contributed by atoms with Gasteiger partial charge in [-0.3, -0.25) is 0 Å². The second-order valence-corrected chi connectivity index (χ2v) is 6.10. The van der Waals surface area contributed by atoms with Crippen LogP contribution in [0.15, 0.2) is 24.3 Å². The number of hydrogen-bond donors (Lipinski definition) is 1. The number of aryl methyl sites for hydroxylation is 1. The van der Waals surface area contributed by atoms with E-state index in [1.807, 2.05) is 13.8 Å². The van der Waals surface area contributed by atoms with Crippen molar-refractivity contribution in [2.75, 3.05) is 6.54 Å². The second kappa shape index (κ2) is 5.12. The summed E-state index contributed by atoms with van der Waals surface area (Å²) in [5, 5.41) is 12.7. The van der Waals surface area contributed by atoms with Gasteiger partial charge in [0.15, 0.2) is 0 Å². The van der Waals surface area contributed by atoms with Crippen LogP contribution in [-0.4, -0.2) is 6.54 Å². The number of hydrogen-bond acceptors (Lipinski definition) is 2. The molecule has 96 valence electrons. The summed E-state index contributed by atoms with van der Waals surface area (Å²) >= 11 is 0. The second-order valence-electron chi connectivity index (χ2n) is 6.10. The van der Waals surface area contributed by atoms with Crippen molar-refractivity contribution in [1.29, 1.82) is 5.26 Å². The molecule has 0 amide bonds. The van der Waals surface area contributed by atoms with Crippen LogP contribution in [0.5, 0.6) is 0 Å². The summed E-state index contributed by atoms with van der Waals surface area (Å²) < 4.78 is 0. The number of benzene rings is 1. The molecule has 1 atom stereocenters. The zero-order valence-electron chi connectivity index (χ0n) is 11.5. The lowest BCUT2D eigenvalue weighted by Crippen LogP contribution is -2.32. The van der Waals surface area contributed by atoms with Gasteiger partial charge in [0.25, 0.3) is 0 Å². The van der Waals surface area contributed by atoms with Crippen LogP contribution in [0.1, 0.15) is 43.9 Å². The van der Waals surface area contributed by atoms with E-state index in [1.54, 1.807) is 0 Å². The van der Waals surface area contributed by atoms with E-state index < -0.39 is 0 Å². The molecule has 1 aromatic rings. The first-order valence-electron chi connectivity index (χ1n) is 6.73. The molecular formula is C16H22N2. The maximum Gasteiger partial charge on any atom is 0.0697 e. The summed E-state index contributed by atoms with van der Waals surface area (Å²) in [5.41, 5.74) is 2.36. The van der Waals surface area contributed by atoms with Crippen molar-refractivity contribution in [3.05, 3.63) is 35.4 Å². The molecule has 1 aliphatic carbocycles. The Labute approximate surface area is 110 Å². The topological polar surface area (TPSA) is 35.8 Å². The molecular weight excluding hydrogens is 220 g/mol. The minimum Gasteiger partial charge on any atom is -0.308 e. The quantitative estimate of drug-likeness (QED) is 0.856. The average Bonchev–Trinajstić information content (AvgIpc) is 3.16. The molecule has 0 radical (unpaired) electrons. The van der Waals surface area contributed by atoms with Gasteiger partial charge in [-0.1, -0.05) is 29.8 Å². The molecule has 0 heterocycles. The van der Waals surface area contributed by atoms with E-state index in [0.717, 1.165) is 12.5 Å². The Bertz CT molecular complexity index is 435. The van der Waals surface area contributed by atoms with Crippen molar-refractivity contribution in [1.82, 2.24) is 5.32 Å². The minimum absolute atomic E-state index is 0.294. The van der Waals surface area contributed by atoms with Gasteiger partial charge in [-0.15, -0.1) is 0 Å². The maximum atomic E-state index is 9.08. The largest absolute Gasteiger partial charge is 0.308 e. The van der Waals surface area contributed by atoms with E-state index in [9.17, 15) is 0 Å². The normalized spacial score (nSPS) is 17.2. The SMILES string of the molecule is Cc1ccc(C(NCC(C)(C)C#N)C2CC2)cc1. The molecule has 2 rings (SSSR count). The fraction of sp³-hybridized carbons (Fsp3) is 0.562. The van der Waals surface area contributed by atoms with Crippen molar-refractivity contribution in [3.63, 3.8) is 0 Å². The maximum absolute atomic E-state index is 9.08. The molecule has 1 fully saturated rings. The summed E-state index contributed by atoms with van der Waals surface area (Å²) in [4.78, 5) is 0. The third-order valence-corrected chi connectivity index (χ3v) is 3.60. The molecule has 1 unspecified atom stereocenters. The molecule has 1 aliphatic rings. The third kappa shape index (κ3) is 3.34. The van der Waals surface area contributed by atoms with Gasteiger partial charge in [0.1, 0.15) is 0 Å². The van der Waals surface area contributed by atoms with Crippen molar-refractivity contribution in [3.8, 4) is 6.07 Å². The Morgan fingerprint density at radius 1 is 1.33 bits per heavy atom. The Morgan fingerprint density at radius 3 is 2.44 bits per heavy atom. The molecule has 2 heteroatoms. The lowest BCUT2D eigenvalue weighted by molar-refractivity contribution is 0.383. The lowest BCUT2D eigenvalue weighted by atomic mass is 9.94. The number of nitrogens with one attached hydrogen (secondary N) is 1. The lowest BCUT2D eigenvalue weighted by Gasteiger charge is -2.23. The molecule has 0 spiro atoms. The Balaban J connectivity index is 2.05. The summed E-state index contributed by atoms with van der Waals surface area (Å²) in [6.45, 7) is 6.83. The van der Waals surface area contributed by atoms with Gasteiger partial charge in [0, 0.05) is 12.6 Å². The van der Waals surface area contributed by atoms with Crippen LogP contribution in [0, 0.1) is 29.6 Å². The fourth-order valence-electron chi connectivity index (χ4n) is 2.16. The Kier molecular flexibility index (Phi) is 3.73. The zero-order valence-corrected chi connectivity index (χ0v) is 11.5. The van der Waals surface area contributed by atoms with Crippen LogP contribution >= 0.6 is 0 Å². The Morgan fingerprint density at radius 2 is 1.94 bits per heavy atom. The van der Waals surface area contributed by atoms with E-state index >= 15 is 0 Å². The third-order valence-electron chi connectivity index (χ3n) is 3.60. The van der Waals surface area contributed by atoms with E-state index in [1.165, 1.54) is 24.0 Å². The minimum atomic E-state index is -0.294. The van der Waals surface area contributed by atoms with Crippen molar-refractivity contribution in [2.45, 2.75) is 39.7 Å². The molecule has 0 bridgehead atoms. The highest BCUT2D eigenvalue weighted by Crippen LogP contribution is 2.41. The van der Waals surface area contributed by atoms with Crippen LogP contribution in [-0.2, 0) is 0 Å². The predicted molar refractivity (Wildman–Crippen MR) is 74.0 cm³/mol. The van der Waals surface area contributed by atoms with Crippen LogP contribution in [0.2, 0.25) is 0 Å². The highest BCUT2D eigenvalue weighted by Gasteiger charge is 2.33. The first-order valence-corrected chi connectivity index (χ1v) is 6.73. The molecule has 1 aromatic carbocycles. The van der Waals surface area contributed by atoms with Crippen LogP contribution < -0.4 is 5.32 Å². The number of nitriles is 1. The highest BCUT2D eigenvalue weighted by molar-refractivity contribution is 5.25. The highest BCUT2D eigenvalue weighted by atomic mass is 14.9. The standard InChI is InChI=1S/C16H22N2/c1-12-4-6-13(7-5-12)15(14-8-9-14)18-11-16(2,3)10-17/h4-7,14-15,18H,8-9,11H2,1-3H3. The van der Waals surface area contributed by atoms with Gasteiger partial charge in [0.05, 0.1) is 11.5 Å². The molecule has 2 nitrogen and oxygen atoms in total. The van der Waals surface area contributed by atoms with E-state index in [4.69, 9.17) is 5.26 Å². The van der Waals surface area contributed by atoms with Gasteiger partial charge in [-0.05, 0) is 45.1 Å². The smallest absolute Gasteiger partial charge is 0.0697 e. The molecule has 0 aliphatic heterocycles. The van der Waals surface area contributed by atoms with Crippen LogP contribution in [0.3, 0.4) is 0 Å². The number of nitrogens with zero attached hydrogens (tertiary/aromatic N) is 1. The Hall–Kier alpha value is -1.33. The number of rotatable bonds is 5. The van der Waals surface area contributed by atoms with Gasteiger partial charge >= 0.3 is 0 Å². The molecule has 0 aromatic heterocycles. The molecule has 0 saturated heterocycles. The fourth-order valence-corrected chi connectivity index (χ4v) is 2.16. The van der Waals surface area contributed by atoms with E-state index in [-0.39, 0.29) is 5.41 Å². The van der Waals surface area contributed by atoms with E-state index in [2.05, 4.69) is 42.6 Å². The summed E-state index contributed by atoms with van der Waals surface area (Å²) in [6, 6.07) is 11.5. The molecule has 1 saturated carbocycles. The summed E-state index contributed by atoms with van der Waals surface area (Å²) in [7, 11) is 0. The van der Waals surface area contributed by atoms with E-state index in [0.29, 0.717) is 6.04 Å². The first kappa shape index (κ1) is 13.1. The predicted octanol–water partition coefficient (Wildman–Crippen LogP) is 3.59. The molecule has 18 heavy (non-hydrogen) atoms. The first-order chi connectivity index (χ1) is 8.52. The zero-order chi connectivity index (χ0) is 13.2. The van der Waals surface area contributed by atoms with Crippen molar-refractivity contribution in [2.24, 2.45) is 11.3 Å². The van der Waals surface area contributed by atoms with Gasteiger partial charge in [-0.25, -0.2) is 0 Å². The van der Waals surface area contributed by atoms with Gasteiger partial charge < -0.3 is 5.32 Å². The van der Waals surface area contributed by atoms with Gasteiger partial charge in [0.2, 0.25) is 0 Å². The summed E-state index contributed by atoms with van der Waals surface area (Å²) in [5.74, 6) is 0.752. The van der Waals surface area contributed by atoms with Crippen LogP contribution in [0.4, 0.5) is 0 Å². The van der Waals surface area contributed by atoms with Crippen molar-refractivity contribution < 1.29 is 0 Å². The molecule has 1 N–H and O–H groups in total.